The maximum atomic E-state index is 6.44. The topological polar surface area (TPSA) is 12.0 Å². The fourth-order valence-corrected chi connectivity index (χ4v) is 3.55. The predicted molar refractivity (Wildman–Crippen MR) is 85.4 cm³/mol. The molecule has 0 spiro atoms. The van der Waals surface area contributed by atoms with Crippen LogP contribution in [0.5, 0.6) is 0 Å². The molecule has 1 nitrogen and oxygen atoms in total. The normalized spacial score (nSPS) is 12.6. The quantitative estimate of drug-likeness (QED) is 0.808. The van der Waals surface area contributed by atoms with E-state index in [9.17, 15) is 0 Å². The largest absolute Gasteiger partial charge is 0.306 e. The number of hydrogen-bond acceptors (Lipinski definition) is 2. The van der Waals surface area contributed by atoms with E-state index in [0.29, 0.717) is 0 Å². The Morgan fingerprint density at radius 2 is 2.11 bits per heavy atom. The van der Waals surface area contributed by atoms with Crippen LogP contribution >= 0.6 is 22.9 Å². The minimum atomic E-state index is 0.200. The van der Waals surface area contributed by atoms with Crippen molar-refractivity contribution < 1.29 is 0 Å². The number of nitrogens with one attached hydrogen (secondary N) is 1. The van der Waals surface area contributed by atoms with Gasteiger partial charge in [0, 0.05) is 4.88 Å². The zero-order valence-corrected chi connectivity index (χ0v) is 13.2. The van der Waals surface area contributed by atoms with E-state index in [1.807, 2.05) is 0 Å². The maximum absolute atomic E-state index is 6.44. The van der Waals surface area contributed by atoms with E-state index in [1.165, 1.54) is 16.0 Å². The second-order valence-electron chi connectivity index (χ2n) is 4.90. The molecule has 1 aromatic heterocycles. The Balaban J connectivity index is 2.38. The average Bonchev–Trinajstić information content (AvgIpc) is 2.72. The predicted octanol–water partition coefficient (Wildman–Crippen LogP) is 5.11. The highest BCUT2D eigenvalue weighted by atomic mass is 35.5. The summed E-state index contributed by atoms with van der Waals surface area (Å²) in [5, 5.41) is 6.65. The number of hydrogen-bond donors (Lipinski definition) is 1. The first kappa shape index (κ1) is 14.6. The van der Waals surface area contributed by atoms with Crippen LogP contribution in [0, 0.1) is 13.8 Å². The Labute approximate surface area is 124 Å². The molecule has 0 saturated heterocycles. The van der Waals surface area contributed by atoms with E-state index in [2.05, 4.69) is 55.7 Å². The number of halogens is 1. The van der Waals surface area contributed by atoms with Gasteiger partial charge in [0.25, 0.3) is 0 Å². The Kier molecular flexibility index (Phi) is 5.03. The van der Waals surface area contributed by atoms with Gasteiger partial charge in [0.15, 0.2) is 0 Å². The van der Waals surface area contributed by atoms with Gasteiger partial charge in [-0.2, -0.15) is 0 Å². The fourth-order valence-electron chi connectivity index (χ4n) is 2.14. The molecule has 0 aliphatic rings. The van der Waals surface area contributed by atoms with Gasteiger partial charge in [-0.1, -0.05) is 48.4 Å². The van der Waals surface area contributed by atoms with Crippen LogP contribution in [-0.4, -0.2) is 6.54 Å². The zero-order valence-electron chi connectivity index (χ0n) is 11.7. The summed E-state index contributed by atoms with van der Waals surface area (Å²) in [6, 6.07) is 8.84. The summed E-state index contributed by atoms with van der Waals surface area (Å²) in [4.78, 5) is 1.22. The van der Waals surface area contributed by atoms with Crippen molar-refractivity contribution in [2.24, 2.45) is 0 Å². The number of aryl methyl sites for hydroxylation is 2. The summed E-state index contributed by atoms with van der Waals surface area (Å²) in [5.41, 5.74) is 3.74. The van der Waals surface area contributed by atoms with Gasteiger partial charge in [-0.25, -0.2) is 0 Å². The summed E-state index contributed by atoms with van der Waals surface area (Å²) in [5.74, 6) is 0. The standard InChI is InChI=1S/C16H20ClNS/c1-4-8-18-15(13-7-5-6-11(2)9-13)16-14(17)12(3)10-19-16/h5-7,9-10,15,18H,4,8H2,1-3H3. The molecule has 0 saturated carbocycles. The van der Waals surface area contributed by atoms with Crippen molar-refractivity contribution >= 4 is 22.9 Å². The minimum absolute atomic E-state index is 0.200. The summed E-state index contributed by atoms with van der Waals surface area (Å²) < 4.78 is 0. The van der Waals surface area contributed by atoms with Crippen LogP contribution in [-0.2, 0) is 0 Å². The van der Waals surface area contributed by atoms with Crippen molar-refractivity contribution in [3.05, 3.63) is 56.2 Å². The summed E-state index contributed by atoms with van der Waals surface area (Å²) >= 11 is 8.18. The van der Waals surface area contributed by atoms with Crippen molar-refractivity contribution in [3.8, 4) is 0 Å². The molecule has 1 heterocycles. The first-order valence-corrected chi connectivity index (χ1v) is 7.92. The van der Waals surface area contributed by atoms with Gasteiger partial charge >= 0.3 is 0 Å². The zero-order chi connectivity index (χ0) is 13.8. The third-order valence-corrected chi connectivity index (χ3v) is 4.94. The van der Waals surface area contributed by atoms with Crippen molar-refractivity contribution in [1.82, 2.24) is 5.32 Å². The lowest BCUT2D eigenvalue weighted by Gasteiger charge is -2.19. The minimum Gasteiger partial charge on any atom is -0.306 e. The van der Waals surface area contributed by atoms with Crippen LogP contribution < -0.4 is 5.32 Å². The molecule has 3 heteroatoms. The third-order valence-electron chi connectivity index (χ3n) is 3.16. The highest BCUT2D eigenvalue weighted by Gasteiger charge is 2.19. The molecule has 1 aromatic carbocycles. The Morgan fingerprint density at radius 1 is 1.32 bits per heavy atom. The molecular formula is C16H20ClNS. The lowest BCUT2D eigenvalue weighted by molar-refractivity contribution is 0.605. The van der Waals surface area contributed by atoms with E-state index in [1.54, 1.807) is 11.3 Å². The molecule has 2 aromatic rings. The van der Waals surface area contributed by atoms with Crippen molar-refractivity contribution in [2.75, 3.05) is 6.54 Å². The molecule has 0 radical (unpaired) electrons. The maximum Gasteiger partial charge on any atom is 0.0686 e. The Hall–Kier alpha value is -0.830. The van der Waals surface area contributed by atoms with Crippen LogP contribution in [0.25, 0.3) is 0 Å². The van der Waals surface area contributed by atoms with Crippen LogP contribution in [0.4, 0.5) is 0 Å². The van der Waals surface area contributed by atoms with Gasteiger partial charge in [0.05, 0.1) is 11.1 Å². The molecule has 0 bridgehead atoms. The molecule has 0 aliphatic heterocycles. The highest BCUT2D eigenvalue weighted by Crippen LogP contribution is 2.35. The van der Waals surface area contributed by atoms with Crippen molar-refractivity contribution in [1.29, 1.82) is 0 Å². The highest BCUT2D eigenvalue weighted by molar-refractivity contribution is 7.10. The second kappa shape index (κ2) is 6.56. The van der Waals surface area contributed by atoms with Crippen LogP contribution in [0.2, 0.25) is 5.02 Å². The lowest BCUT2D eigenvalue weighted by atomic mass is 10.0. The second-order valence-corrected chi connectivity index (χ2v) is 6.19. The molecule has 1 N–H and O–H groups in total. The number of rotatable bonds is 5. The number of benzene rings is 1. The van der Waals surface area contributed by atoms with E-state index < -0.39 is 0 Å². The van der Waals surface area contributed by atoms with Gasteiger partial charge in [0.2, 0.25) is 0 Å². The molecule has 19 heavy (non-hydrogen) atoms. The lowest BCUT2D eigenvalue weighted by Crippen LogP contribution is -2.22. The fraction of sp³-hybridized carbons (Fsp3) is 0.375. The molecule has 102 valence electrons. The SMILES string of the molecule is CCCNC(c1cccc(C)c1)c1scc(C)c1Cl. The van der Waals surface area contributed by atoms with Crippen LogP contribution in [0.1, 0.15) is 41.0 Å². The van der Waals surface area contributed by atoms with E-state index >= 15 is 0 Å². The van der Waals surface area contributed by atoms with Gasteiger partial charge in [0.1, 0.15) is 0 Å². The van der Waals surface area contributed by atoms with E-state index in [0.717, 1.165) is 23.6 Å². The monoisotopic (exact) mass is 293 g/mol. The van der Waals surface area contributed by atoms with Gasteiger partial charge in [-0.3, -0.25) is 0 Å². The summed E-state index contributed by atoms with van der Waals surface area (Å²) in [7, 11) is 0. The average molecular weight is 294 g/mol. The molecule has 0 aliphatic carbocycles. The summed E-state index contributed by atoms with van der Waals surface area (Å²) in [6.07, 6.45) is 1.12. The Morgan fingerprint density at radius 3 is 2.68 bits per heavy atom. The van der Waals surface area contributed by atoms with E-state index in [4.69, 9.17) is 11.6 Å². The van der Waals surface area contributed by atoms with Crippen molar-refractivity contribution in [2.45, 2.75) is 33.2 Å². The van der Waals surface area contributed by atoms with Gasteiger partial charge in [-0.15, -0.1) is 11.3 Å². The van der Waals surface area contributed by atoms with Gasteiger partial charge < -0.3 is 5.32 Å². The number of thiophene rings is 1. The molecular weight excluding hydrogens is 274 g/mol. The smallest absolute Gasteiger partial charge is 0.0686 e. The summed E-state index contributed by atoms with van der Waals surface area (Å²) in [6.45, 7) is 7.37. The van der Waals surface area contributed by atoms with Crippen molar-refractivity contribution in [3.63, 3.8) is 0 Å². The molecule has 1 unspecified atom stereocenters. The molecule has 0 fully saturated rings. The Bertz CT molecular complexity index is 547. The first-order chi connectivity index (χ1) is 9.13. The molecule has 2 rings (SSSR count). The van der Waals surface area contributed by atoms with Crippen LogP contribution in [0.3, 0.4) is 0 Å². The van der Waals surface area contributed by atoms with Gasteiger partial charge in [-0.05, 0) is 43.3 Å². The van der Waals surface area contributed by atoms with Crippen LogP contribution in [0.15, 0.2) is 29.6 Å². The van der Waals surface area contributed by atoms with E-state index in [-0.39, 0.29) is 6.04 Å². The molecule has 0 amide bonds. The third kappa shape index (κ3) is 3.38. The first-order valence-electron chi connectivity index (χ1n) is 6.67. The molecule has 1 atom stereocenters.